The van der Waals surface area contributed by atoms with E-state index in [0.29, 0.717) is 17.2 Å². The van der Waals surface area contributed by atoms with Crippen molar-refractivity contribution in [1.29, 1.82) is 5.26 Å². The van der Waals surface area contributed by atoms with Gasteiger partial charge in [-0.3, -0.25) is 4.79 Å². The lowest BCUT2D eigenvalue weighted by atomic mass is 10.3. The molecule has 1 aromatic heterocycles. The highest BCUT2D eigenvalue weighted by atomic mass is 16.5. The average molecular weight is 257 g/mol. The molecule has 0 aliphatic heterocycles. The first-order chi connectivity index (χ1) is 9.19. The fourth-order valence-electron chi connectivity index (χ4n) is 1.45. The third-order valence-corrected chi connectivity index (χ3v) is 2.26. The van der Waals surface area contributed by atoms with E-state index < -0.39 is 0 Å². The minimum Gasteiger partial charge on any atom is -0.479 e. The predicted molar refractivity (Wildman–Crippen MR) is 66.7 cm³/mol. The Bertz CT molecular complexity index is 628. The van der Waals surface area contributed by atoms with Crippen LogP contribution in [-0.2, 0) is 0 Å². The zero-order valence-electron chi connectivity index (χ0n) is 10.2. The third-order valence-electron chi connectivity index (χ3n) is 2.26. The fraction of sp³-hybridized carbons (Fsp3) is 0.154. The number of carbonyl (C=O) groups excluding carboxylic acids is 1. The van der Waals surface area contributed by atoms with Crippen molar-refractivity contribution in [1.82, 2.24) is 5.16 Å². The summed E-state index contributed by atoms with van der Waals surface area (Å²) >= 11 is 0. The maximum atomic E-state index is 11.8. The topological polar surface area (TPSA) is 88.1 Å². The predicted octanol–water partition coefficient (Wildman–Crippen LogP) is 2.14. The number of anilines is 1. The molecule has 6 heteroatoms. The highest BCUT2D eigenvalue weighted by Gasteiger charge is 2.11. The van der Waals surface area contributed by atoms with Gasteiger partial charge in [0.05, 0.1) is 0 Å². The van der Waals surface area contributed by atoms with Crippen molar-refractivity contribution in [2.24, 2.45) is 0 Å². The van der Waals surface area contributed by atoms with Gasteiger partial charge in [0.2, 0.25) is 0 Å². The van der Waals surface area contributed by atoms with Gasteiger partial charge < -0.3 is 14.6 Å². The van der Waals surface area contributed by atoms with Gasteiger partial charge in [-0.15, -0.1) is 0 Å². The SMILES string of the molecule is Cc1cc(C(=O)Nc2cccc(OCC#N)c2)no1. The van der Waals surface area contributed by atoms with Crippen molar-refractivity contribution in [2.75, 3.05) is 11.9 Å². The summed E-state index contributed by atoms with van der Waals surface area (Å²) in [5.74, 6) is 0.709. The largest absolute Gasteiger partial charge is 0.479 e. The summed E-state index contributed by atoms with van der Waals surface area (Å²) in [5, 5.41) is 14.7. The van der Waals surface area contributed by atoms with Crippen LogP contribution in [0.15, 0.2) is 34.9 Å². The molecule has 2 aromatic rings. The van der Waals surface area contributed by atoms with E-state index in [1.54, 1.807) is 37.3 Å². The number of nitrogens with zero attached hydrogens (tertiary/aromatic N) is 2. The molecule has 0 radical (unpaired) electrons. The van der Waals surface area contributed by atoms with E-state index in [-0.39, 0.29) is 18.2 Å². The van der Waals surface area contributed by atoms with Crippen LogP contribution in [0.3, 0.4) is 0 Å². The Morgan fingerprint density at radius 3 is 3.05 bits per heavy atom. The Kier molecular flexibility index (Phi) is 3.78. The molecule has 1 amide bonds. The monoisotopic (exact) mass is 257 g/mol. The highest BCUT2D eigenvalue weighted by Crippen LogP contribution is 2.18. The number of hydrogen-bond acceptors (Lipinski definition) is 5. The van der Waals surface area contributed by atoms with Crippen LogP contribution in [0.4, 0.5) is 5.69 Å². The standard InChI is InChI=1S/C13H11N3O3/c1-9-7-12(16-19-9)13(17)15-10-3-2-4-11(8-10)18-6-5-14/h2-4,7-8H,6H2,1H3,(H,15,17). The smallest absolute Gasteiger partial charge is 0.277 e. The van der Waals surface area contributed by atoms with E-state index in [9.17, 15) is 4.79 Å². The van der Waals surface area contributed by atoms with Crippen LogP contribution in [0.5, 0.6) is 5.75 Å². The zero-order valence-corrected chi connectivity index (χ0v) is 10.2. The van der Waals surface area contributed by atoms with Gasteiger partial charge in [-0.2, -0.15) is 5.26 Å². The number of nitriles is 1. The molecule has 1 aromatic carbocycles. The van der Waals surface area contributed by atoms with E-state index in [2.05, 4.69) is 10.5 Å². The Morgan fingerprint density at radius 2 is 2.37 bits per heavy atom. The van der Waals surface area contributed by atoms with Crippen molar-refractivity contribution in [3.8, 4) is 11.8 Å². The van der Waals surface area contributed by atoms with Crippen LogP contribution in [-0.4, -0.2) is 17.7 Å². The Labute approximate surface area is 109 Å². The van der Waals surface area contributed by atoms with Crippen molar-refractivity contribution in [3.05, 3.63) is 41.8 Å². The molecule has 0 aliphatic carbocycles. The Hall–Kier alpha value is -2.81. The lowest BCUT2D eigenvalue weighted by Gasteiger charge is -2.05. The minimum absolute atomic E-state index is 0.0418. The maximum absolute atomic E-state index is 11.8. The number of aryl methyl sites for hydroxylation is 1. The summed E-state index contributed by atoms with van der Waals surface area (Å²) < 4.78 is 9.97. The summed E-state index contributed by atoms with van der Waals surface area (Å²) in [6.45, 7) is 1.67. The van der Waals surface area contributed by atoms with Gasteiger partial charge in [-0.1, -0.05) is 11.2 Å². The van der Waals surface area contributed by atoms with Crippen LogP contribution >= 0.6 is 0 Å². The molecule has 6 nitrogen and oxygen atoms in total. The number of ether oxygens (including phenoxy) is 1. The third kappa shape index (κ3) is 3.33. The molecule has 0 fully saturated rings. The number of rotatable bonds is 4. The minimum atomic E-state index is -0.366. The van der Waals surface area contributed by atoms with E-state index in [1.807, 2.05) is 6.07 Å². The van der Waals surface area contributed by atoms with E-state index in [0.717, 1.165) is 0 Å². The van der Waals surface area contributed by atoms with E-state index in [1.165, 1.54) is 0 Å². The van der Waals surface area contributed by atoms with Crippen molar-refractivity contribution < 1.29 is 14.1 Å². The summed E-state index contributed by atoms with van der Waals surface area (Å²) in [7, 11) is 0. The highest BCUT2D eigenvalue weighted by molar-refractivity contribution is 6.02. The second kappa shape index (κ2) is 5.69. The number of carbonyl (C=O) groups is 1. The number of aromatic nitrogens is 1. The van der Waals surface area contributed by atoms with Gasteiger partial charge in [0.15, 0.2) is 12.3 Å². The van der Waals surface area contributed by atoms with E-state index >= 15 is 0 Å². The van der Waals surface area contributed by atoms with Crippen LogP contribution in [0.1, 0.15) is 16.2 Å². The van der Waals surface area contributed by atoms with Crippen molar-refractivity contribution in [2.45, 2.75) is 6.92 Å². The first-order valence-electron chi connectivity index (χ1n) is 5.53. The Morgan fingerprint density at radius 1 is 1.53 bits per heavy atom. The summed E-state index contributed by atoms with van der Waals surface area (Å²) in [5.41, 5.74) is 0.766. The molecule has 0 saturated carbocycles. The lowest BCUT2D eigenvalue weighted by Crippen LogP contribution is -2.12. The zero-order chi connectivity index (χ0) is 13.7. The van der Waals surface area contributed by atoms with Crippen molar-refractivity contribution in [3.63, 3.8) is 0 Å². The van der Waals surface area contributed by atoms with E-state index in [4.69, 9.17) is 14.5 Å². The number of benzene rings is 1. The summed E-state index contributed by atoms with van der Waals surface area (Å²) in [4.78, 5) is 11.8. The first kappa shape index (κ1) is 12.6. The van der Waals surface area contributed by atoms with Gasteiger partial charge >= 0.3 is 0 Å². The number of hydrogen-bond donors (Lipinski definition) is 1. The number of nitrogens with one attached hydrogen (secondary N) is 1. The molecule has 0 unspecified atom stereocenters. The first-order valence-corrected chi connectivity index (χ1v) is 5.53. The lowest BCUT2D eigenvalue weighted by molar-refractivity contribution is 0.101. The second-order valence-corrected chi connectivity index (χ2v) is 3.75. The van der Waals surface area contributed by atoms with Crippen LogP contribution < -0.4 is 10.1 Å². The van der Waals surface area contributed by atoms with Crippen molar-refractivity contribution >= 4 is 11.6 Å². The van der Waals surface area contributed by atoms with Gasteiger partial charge in [0.25, 0.3) is 5.91 Å². The molecule has 1 N–H and O–H groups in total. The molecule has 0 bridgehead atoms. The summed E-state index contributed by atoms with van der Waals surface area (Å²) in [6, 6.07) is 10.2. The molecular formula is C13H11N3O3. The maximum Gasteiger partial charge on any atom is 0.277 e. The van der Waals surface area contributed by atoms with Gasteiger partial charge in [-0.05, 0) is 19.1 Å². The van der Waals surface area contributed by atoms with Crippen LogP contribution in [0.25, 0.3) is 0 Å². The fourth-order valence-corrected chi connectivity index (χ4v) is 1.45. The molecule has 0 saturated heterocycles. The van der Waals surface area contributed by atoms with Gasteiger partial charge in [0.1, 0.15) is 17.6 Å². The molecular weight excluding hydrogens is 246 g/mol. The normalized spacial score (nSPS) is 9.68. The Balaban J connectivity index is 2.06. The molecule has 0 atom stereocenters. The second-order valence-electron chi connectivity index (χ2n) is 3.75. The molecule has 19 heavy (non-hydrogen) atoms. The quantitative estimate of drug-likeness (QED) is 0.906. The van der Waals surface area contributed by atoms with Gasteiger partial charge in [0, 0.05) is 17.8 Å². The molecule has 0 spiro atoms. The molecule has 2 rings (SSSR count). The van der Waals surface area contributed by atoms with Crippen LogP contribution in [0.2, 0.25) is 0 Å². The molecule has 96 valence electrons. The molecule has 1 heterocycles. The van der Waals surface area contributed by atoms with Crippen LogP contribution in [0, 0.1) is 18.3 Å². The van der Waals surface area contributed by atoms with Gasteiger partial charge in [-0.25, -0.2) is 0 Å². The number of amides is 1. The molecule has 0 aliphatic rings. The summed E-state index contributed by atoms with van der Waals surface area (Å²) in [6.07, 6.45) is 0. The average Bonchev–Trinajstić information content (AvgIpc) is 2.83.